The molecule has 2 rings (SSSR count). The van der Waals surface area contributed by atoms with E-state index in [0.717, 1.165) is 0 Å². The third kappa shape index (κ3) is 3.80. The van der Waals surface area contributed by atoms with Gasteiger partial charge in [0.1, 0.15) is 0 Å². The zero-order chi connectivity index (χ0) is 12.1. The van der Waals surface area contributed by atoms with E-state index in [2.05, 4.69) is 11.6 Å². The molecule has 2 aliphatic rings. The summed E-state index contributed by atoms with van der Waals surface area (Å²) >= 11 is 1.95. The van der Waals surface area contributed by atoms with Crippen LogP contribution in [-0.2, 0) is 0 Å². The Bertz CT molecular complexity index is 261. The van der Waals surface area contributed by atoms with E-state index in [4.69, 9.17) is 10.7 Å². The second kappa shape index (κ2) is 6.53. The molecule has 2 fully saturated rings. The second-order valence-corrected chi connectivity index (χ2v) is 6.34. The Kier molecular flexibility index (Phi) is 5.01. The monoisotopic (exact) mass is 255 g/mol. The predicted octanol–water partition coefficient (Wildman–Crippen LogP) is 2.51. The lowest BCUT2D eigenvalue weighted by atomic mass is 9.95. The minimum Gasteiger partial charge on any atom is -0.370 e. The van der Waals surface area contributed by atoms with Crippen LogP contribution < -0.4 is 11.1 Å². The zero-order valence-corrected chi connectivity index (χ0v) is 11.6. The Hall–Kier alpha value is -0.380. The summed E-state index contributed by atoms with van der Waals surface area (Å²) in [5.74, 6) is 0.683. The topological polar surface area (TPSA) is 50.4 Å². The van der Waals surface area contributed by atoms with E-state index in [1.54, 1.807) is 0 Å². The summed E-state index contributed by atoms with van der Waals surface area (Å²) < 4.78 is 0. The number of nitrogens with zero attached hydrogens (tertiary/aromatic N) is 1. The van der Waals surface area contributed by atoms with Crippen molar-refractivity contribution in [2.75, 3.05) is 6.26 Å². The van der Waals surface area contributed by atoms with Crippen LogP contribution in [0.15, 0.2) is 4.99 Å². The van der Waals surface area contributed by atoms with E-state index in [1.807, 2.05) is 11.8 Å². The van der Waals surface area contributed by atoms with E-state index in [0.29, 0.717) is 23.3 Å². The van der Waals surface area contributed by atoms with Gasteiger partial charge in [0.15, 0.2) is 5.96 Å². The molecule has 0 aliphatic heterocycles. The van der Waals surface area contributed by atoms with Gasteiger partial charge >= 0.3 is 0 Å². The molecule has 0 heterocycles. The number of nitrogens with one attached hydrogen (secondary N) is 1. The molecule has 17 heavy (non-hydrogen) atoms. The lowest BCUT2D eigenvalue weighted by Gasteiger charge is -2.27. The maximum absolute atomic E-state index is 6.03. The molecule has 2 atom stereocenters. The van der Waals surface area contributed by atoms with Crippen molar-refractivity contribution in [1.29, 1.82) is 0 Å². The molecule has 3 nitrogen and oxygen atoms in total. The summed E-state index contributed by atoms with van der Waals surface area (Å²) in [6, 6.07) is 1.02. The van der Waals surface area contributed by atoms with Gasteiger partial charge in [-0.25, -0.2) is 4.99 Å². The van der Waals surface area contributed by atoms with E-state index >= 15 is 0 Å². The number of hydrogen-bond donors (Lipinski definition) is 2. The molecule has 3 N–H and O–H groups in total. The lowest BCUT2D eigenvalue weighted by Crippen LogP contribution is -2.40. The summed E-state index contributed by atoms with van der Waals surface area (Å²) in [4.78, 5) is 4.71. The van der Waals surface area contributed by atoms with Crippen molar-refractivity contribution in [2.45, 2.75) is 68.7 Å². The van der Waals surface area contributed by atoms with Gasteiger partial charge in [-0.1, -0.05) is 25.7 Å². The Labute approximate surface area is 109 Å². The average Bonchev–Trinajstić information content (AvgIpc) is 2.82. The van der Waals surface area contributed by atoms with Crippen LogP contribution in [0.1, 0.15) is 51.4 Å². The van der Waals surface area contributed by atoms with Crippen molar-refractivity contribution < 1.29 is 0 Å². The van der Waals surface area contributed by atoms with Gasteiger partial charge in [-0.3, -0.25) is 0 Å². The summed E-state index contributed by atoms with van der Waals surface area (Å²) in [7, 11) is 0. The van der Waals surface area contributed by atoms with Crippen molar-refractivity contribution in [3.63, 3.8) is 0 Å². The highest BCUT2D eigenvalue weighted by atomic mass is 32.2. The van der Waals surface area contributed by atoms with Crippen LogP contribution in [0.25, 0.3) is 0 Å². The number of rotatable bonds is 3. The molecule has 0 spiro atoms. The van der Waals surface area contributed by atoms with E-state index < -0.39 is 0 Å². The SMILES string of the molecule is CSC1CCCCC1N=C(N)NC1CCCC1. The normalized spacial score (nSPS) is 31.7. The molecule has 0 saturated heterocycles. The first-order valence-corrected chi connectivity index (χ1v) is 8.21. The second-order valence-electron chi connectivity index (χ2n) is 5.27. The van der Waals surface area contributed by atoms with Gasteiger partial charge in [-0.05, 0) is 31.9 Å². The molecular weight excluding hydrogens is 230 g/mol. The highest BCUT2D eigenvalue weighted by molar-refractivity contribution is 7.99. The summed E-state index contributed by atoms with van der Waals surface area (Å²) in [6.07, 6.45) is 12.5. The maximum Gasteiger partial charge on any atom is 0.189 e. The quantitative estimate of drug-likeness (QED) is 0.602. The van der Waals surface area contributed by atoms with Gasteiger partial charge in [0.05, 0.1) is 6.04 Å². The Balaban J connectivity index is 1.86. The summed E-state index contributed by atoms with van der Waals surface area (Å²) in [6.45, 7) is 0. The van der Waals surface area contributed by atoms with E-state index in [9.17, 15) is 0 Å². The Morgan fingerprint density at radius 2 is 1.76 bits per heavy atom. The zero-order valence-electron chi connectivity index (χ0n) is 10.8. The van der Waals surface area contributed by atoms with Crippen molar-refractivity contribution >= 4 is 17.7 Å². The van der Waals surface area contributed by atoms with Gasteiger partial charge in [0.25, 0.3) is 0 Å². The van der Waals surface area contributed by atoms with Crippen LogP contribution in [-0.4, -0.2) is 29.5 Å². The van der Waals surface area contributed by atoms with Crippen molar-refractivity contribution in [2.24, 2.45) is 10.7 Å². The largest absolute Gasteiger partial charge is 0.370 e. The fourth-order valence-corrected chi connectivity index (χ4v) is 3.91. The van der Waals surface area contributed by atoms with Gasteiger partial charge < -0.3 is 11.1 Å². The fraction of sp³-hybridized carbons (Fsp3) is 0.923. The molecule has 0 radical (unpaired) electrons. The van der Waals surface area contributed by atoms with Crippen molar-refractivity contribution in [3.05, 3.63) is 0 Å². The van der Waals surface area contributed by atoms with Crippen LogP contribution in [0, 0.1) is 0 Å². The fourth-order valence-electron chi connectivity index (χ4n) is 3.00. The first-order chi connectivity index (χ1) is 8.29. The maximum atomic E-state index is 6.03. The molecule has 2 aliphatic carbocycles. The summed E-state index contributed by atoms with van der Waals surface area (Å²) in [5, 5.41) is 4.06. The first-order valence-electron chi connectivity index (χ1n) is 6.92. The average molecular weight is 255 g/mol. The van der Waals surface area contributed by atoms with Gasteiger partial charge in [-0.2, -0.15) is 11.8 Å². The van der Waals surface area contributed by atoms with Crippen LogP contribution >= 0.6 is 11.8 Å². The molecule has 0 amide bonds. The molecule has 4 heteroatoms. The molecule has 98 valence electrons. The number of nitrogens with two attached hydrogens (primary N) is 1. The first kappa shape index (κ1) is 13.1. The third-order valence-electron chi connectivity index (χ3n) is 3.98. The predicted molar refractivity (Wildman–Crippen MR) is 76.6 cm³/mol. The van der Waals surface area contributed by atoms with Crippen LogP contribution in [0.5, 0.6) is 0 Å². The van der Waals surface area contributed by atoms with Crippen LogP contribution in [0.2, 0.25) is 0 Å². The molecule has 0 bridgehead atoms. The molecule has 2 saturated carbocycles. The van der Waals surface area contributed by atoms with Gasteiger partial charge in [0.2, 0.25) is 0 Å². The van der Waals surface area contributed by atoms with E-state index in [-0.39, 0.29) is 0 Å². The minimum absolute atomic E-state index is 0.438. The van der Waals surface area contributed by atoms with Crippen LogP contribution in [0.3, 0.4) is 0 Å². The molecule has 0 aromatic heterocycles. The highest BCUT2D eigenvalue weighted by Crippen LogP contribution is 2.29. The van der Waals surface area contributed by atoms with Crippen molar-refractivity contribution in [1.82, 2.24) is 5.32 Å². The number of guanidine groups is 1. The molecular formula is C13H25N3S. The van der Waals surface area contributed by atoms with Crippen molar-refractivity contribution in [3.8, 4) is 0 Å². The Morgan fingerprint density at radius 1 is 1.12 bits per heavy atom. The van der Waals surface area contributed by atoms with Gasteiger partial charge in [-0.15, -0.1) is 0 Å². The van der Waals surface area contributed by atoms with E-state index in [1.165, 1.54) is 51.4 Å². The summed E-state index contributed by atoms with van der Waals surface area (Å²) in [5.41, 5.74) is 6.03. The number of thioether (sulfide) groups is 1. The lowest BCUT2D eigenvalue weighted by molar-refractivity contribution is 0.453. The standard InChI is InChI=1S/C13H25N3S/c1-17-12-9-5-4-8-11(12)16-13(14)15-10-6-2-3-7-10/h10-12H,2-9H2,1H3,(H3,14,15,16). The Morgan fingerprint density at radius 3 is 2.47 bits per heavy atom. The molecule has 0 aromatic carbocycles. The van der Waals surface area contributed by atoms with Gasteiger partial charge in [0, 0.05) is 11.3 Å². The molecule has 0 aromatic rings. The number of hydrogen-bond acceptors (Lipinski definition) is 2. The highest BCUT2D eigenvalue weighted by Gasteiger charge is 2.24. The third-order valence-corrected chi connectivity index (χ3v) is 5.14. The van der Waals surface area contributed by atoms with Crippen LogP contribution in [0.4, 0.5) is 0 Å². The minimum atomic E-state index is 0.438. The smallest absolute Gasteiger partial charge is 0.189 e. The number of aliphatic imine (C=N–C) groups is 1. The molecule has 2 unspecified atom stereocenters.